The highest BCUT2D eigenvalue weighted by atomic mass is 16.3. The molecule has 1 fully saturated rings. The number of hydrogen-bond donors (Lipinski definition) is 4. The summed E-state index contributed by atoms with van der Waals surface area (Å²) in [5, 5.41) is 17.5. The molecule has 2 aromatic rings. The van der Waals surface area contributed by atoms with Gasteiger partial charge in [-0.15, -0.1) is 6.58 Å². The molecular weight excluding hydrogens is 488 g/mol. The Labute approximate surface area is 234 Å². The number of H-pyrrole nitrogens is 1. The lowest BCUT2D eigenvalue weighted by atomic mass is 9.81. The number of carbonyl (C=O) groups is 2. The van der Waals surface area contributed by atoms with Gasteiger partial charge in [0.2, 0.25) is 11.8 Å². The van der Waals surface area contributed by atoms with E-state index in [0.29, 0.717) is 31.1 Å². The first-order chi connectivity index (χ1) is 18.8. The van der Waals surface area contributed by atoms with E-state index in [0.717, 1.165) is 30.5 Å². The van der Waals surface area contributed by atoms with Crippen LogP contribution in [-0.2, 0) is 22.4 Å². The summed E-state index contributed by atoms with van der Waals surface area (Å²) in [4.78, 5) is 34.1. The number of aromatic amines is 1. The second-order valence-corrected chi connectivity index (χ2v) is 11.7. The molecule has 7 heteroatoms. The van der Waals surface area contributed by atoms with Crippen molar-refractivity contribution in [2.45, 2.75) is 96.7 Å². The van der Waals surface area contributed by atoms with Crippen molar-refractivity contribution in [1.29, 1.82) is 0 Å². The van der Waals surface area contributed by atoms with Gasteiger partial charge in [-0.3, -0.25) is 9.59 Å². The van der Waals surface area contributed by atoms with Crippen LogP contribution >= 0.6 is 0 Å². The lowest BCUT2D eigenvalue weighted by Crippen LogP contribution is -2.54. The van der Waals surface area contributed by atoms with Gasteiger partial charge in [-0.2, -0.15) is 0 Å². The van der Waals surface area contributed by atoms with E-state index in [-0.39, 0.29) is 29.7 Å². The molecule has 0 aliphatic heterocycles. The van der Waals surface area contributed by atoms with Crippen LogP contribution in [0.3, 0.4) is 0 Å². The van der Waals surface area contributed by atoms with Gasteiger partial charge in [-0.1, -0.05) is 89.3 Å². The van der Waals surface area contributed by atoms with E-state index in [4.69, 9.17) is 0 Å². The largest absolute Gasteiger partial charge is 0.391 e. The molecule has 0 radical (unpaired) electrons. The maximum atomic E-state index is 13.7. The van der Waals surface area contributed by atoms with Crippen LogP contribution in [0.1, 0.15) is 77.0 Å². The Hall–Kier alpha value is -2.93. The number of benzene rings is 1. The minimum atomic E-state index is -0.780. The standard InChI is InChI=1S/C32H48N4O3/c1-5-26(22(2)3)18-30(37)28(17-25-14-10-7-11-15-25)35-32(39)29(19-27-20-33-21-34-27)36-31(38)23(4)16-24-12-8-6-9-13-24/h5-6,8-9,12-13,20-23,25-26,28-30,37H,1,7,10-11,14-19H2,2-4H3,(H,33,34)(H,35,39)(H,36,38)/t23-,26?,28-,29?,30-/m0/s1. The van der Waals surface area contributed by atoms with Crippen molar-refractivity contribution in [3.05, 3.63) is 66.8 Å². The van der Waals surface area contributed by atoms with Gasteiger partial charge in [0, 0.05) is 24.2 Å². The molecule has 2 unspecified atom stereocenters. The normalized spacial score (nSPS) is 18.1. The van der Waals surface area contributed by atoms with Crippen molar-refractivity contribution in [2.24, 2.45) is 23.7 Å². The van der Waals surface area contributed by atoms with Crippen LogP contribution in [0.4, 0.5) is 0 Å². The van der Waals surface area contributed by atoms with Crippen molar-refractivity contribution in [1.82, 2.24) is 20.6 Å². The van der Waals surface area contributed by atoms with Gasteiger partial charge in [-0.05, 0) is 42.6 Å². The maximum absolute atomic E-state index is 13.7. The number of rotatable bonds is 15. The Morgan fingerprint density at radius 3 is 2.41 bits per heavy atom. The fourth-order valence-electron chi connectivity index (χ4n) is 5.66. The molecule has 1 aromatic heterocycles. The fraction of sp³-hybridized carbons (Fsp3) is 0.594. The summed E-state index contributed by atoms with van der Waals surface area (Å²) >= 11 is 0. The van der Waals surface area contributed by atoms with Gasteiger partial charge in [0.15, 0.2) is 0 Å². The second-order valence-electron chi connectivity index (χ2n) is 11.7. The summed E-state index contributed by atoms with van der Waals surface area (Å²) in [6, 6.07) is 8.72. The maximum Gasteiger partial charge on any atom is 0.243 e. The van der Waals surface area contributed by atoms with Gasteiger partial charge < -0.3 is 20.7 Å². The molecule has 0 bridgehead atoms. The molecule has 0 saturated heterocycles. The van der Waals surface area contributed by atoms with E-state index in [9.17, 15) is 14.7 Å². The number of carbonyl (C=O) groups excluding carboxylic acids is 2. The lowest BCUT2D eigenvalue weighted by molar-refractivity contribution is -0.131. The minimum absolute atomic E-state index is 0.157. The van der Waals surface area contributed by atoms with Gasteiger partial charge in [0.25, 0.3) is 0 Å². The van der Waals surface area contributed by atoms with Crippen LogP contribution in [0.5, 0.6) is 0 Å². The quantitative estimate of drug-likeness (QED) is 0.241. The van der Waals surface area contributed by atoms with E-state index in [2.05, 4.69) is 41.0 Å². The van der Waals surface area contributed by atoms with Gasteiger partial charge in [-0.25, -0.2) is 4.98 Å². The van der Waals surface area contributed by atoms with Crippen molar-refractivity contribution >= 4 is 11.8 Å². The number of imidazole rings is 1. The van der Waals surface area contributed by atoms with Crippen LogP contribution in [0, 0.1) is 23.7 Å². The van der Waals surface area contributed by atoms with Crippen LogP contribution in [0.2, 0.25) is 0 Å². The monoisotopic (exact) mass is 536 g/mol. The highest BCUT2D eigenvalue weighted by Crippen LogP contribution is 2.30. The molecule has 1 aliphatic carbocycles. The van der Waals surface area contributed by atoms with E-state index in [1.54, 1.807) is 12.5 Å². The van der Waals surface area contributed by atoms with E-state index in [1.807, 2.05) is 43.3 Å². The Kier molecular flexibility index (Phi) is 12.2. The predicted octanol–water partition coefficient (Wildman–Crippen LogP) is 4.98. The zero-order chi connectivity index (χ0) is 28.2. The summed E-state index contributed by atoms with van der Waals surface area (Å²) in [5.41, 5.74) is 1.84. The molecule has 1 saturated carbocycles. The number of allylic oxidation sites excluding steroid dienone is 1. The number of aliphatic hydroxyl groups is 1. The molecule has 2 amide bonds. The molecule has 1 aromatic carbocycles. The number of nitrogens with zero attached hydrogens (tertiary/aromatic N) is 1. The van der Waals surface area contributed by atoms with E-state index in [1.165, 1.54) is 19.3 Å². The molecule has 1 heterocycles. The summed E-state index contributed by atoms with van der Waals surface area (Å²) in [6.45, 7) is 10.1. The number of amides is 2. The molecule has 5 atom stereocenters. The zero-order valence-corrected chi connectivity index (χ0v) is 23.9. The number of hydrogen-bond acceptors (Lipinski definition) is 4. The van der Waals surface area contributed by atoms with Crippen LogP contribution in [0.25, 0.3) is 0 Å². The highest BCUT2D eigenvalue weighted by Gasteiger charge is 2.31. The van der Waals surface area contributed by atoms with E-state index >= 15 is 0 Å². The third-order valence-electron chi connectivity index (χ3n) is 8.22. The zero-order valence-electron chi connectivity index (χ0n) is 23.9. The molecule has 4 N–H and O–H groups in total. The second kappa shape index (κ2) is 15.6. The molecule has 7 nitrogen and oxygen atoms in total. The molecule has 39 heavy (non-hydrogen) atoms. The first-order valence-corrected chi connectivity index (χ1v) is 14.7. The summed E-state index contributed by atoms with van der Waals surface area (Å²) in [5.74, 6) is 0.240. The molecule has 1 aliphatic rings. The van der Waals surface area contributed by atoms with Gasteiger partial charge in [0.05, 0.1) is 18.5 Å². The molecule has 214 valence electrons. The lowest BCUT2D eigenvalue weighted by Gasteiger charge is -2.33. The molecule has 0 spiro atoms. The summed E-state index contributed by atoms with van der Waals surface area (Å²) in [6.07, 6.45) is 12.5. The van der Waals surface area contributed by atoms with Crippen LogP contribution < -0.4 is 10.6 Å². The Bertz CT molecular complexity index is 1000. The molecular formula is C32H48N4O3. The third-order valence-corrected chi connectivity index (χ3v) is 8.22. The number of aromatic nitrogens is 2. The van der Waals surface area contributed by atoms with Crippen molar-refractivity contribution in [2.75, 3.05) is 0 Å². The minimum Gasteiger partial charge on any atom is -0.391 e. The Balaban J connectivity index is 1.74. The third kappa shape index (κ3) is 9.95. The van der Waals surface area contributed by atoms with Crippen molar-refractivity contribution in [3.8, 4) is 0 Å². The average molecular weight is 537 g/mol. The topological polar surface area (TPSA) is 107 Å². The first-order valence-electron chi connectivity index (χ1n) is 14.7. The number of nitrogens with one attached hydrogen (secondary N) is 3. The Morgan fingerprint density at radius 2 is 1.79 bits per heavy atom. The highest BCUT2D eigenvalue weighted by molar-refractivity contribution is 5.88. The van der Waals surface area contributed by atoms with Crippen molar-refractivity contribution < 1.29 is 14.7 Å². The summed E-state index contributed by atoms with van der Waals surface area (Å²) < 4.78 is 0. The van der Waals surface area contributed by atoms with E-state index < -0.39 is 12.1 Å². The first kappa shape index (κ1) is 30.6. The smallest absolute Gasteiger partial charge is 0.243 e. The SMILES string of the molecule is C=CC(C[C@H](O)[C@H](CC1CCCCC1)NC(=O)C(Cc1cnc[nH]1)NC(=O)[C@@H](C)Cc1ccccc1)C(C)C. The van der Waals surface area contributed by atoms with Gasteiger partial charge in [0.1, 0.15) is 6.04 Å². The number of aliphatic hydroxyl groups excluding tert-OH is 1. The Morgan fingerprint density at radius 1 is 1.08 bits per heavy atom. The summed E-state index contributed by atoms with van der Waals surface area (Å²) in [7, 11) is 0. The van der Waals surface area contributed by atoms with Gasteiger partial charge >= 0.3 is 0 Å². The van der Waals surface area contributed by atoms with Crippen LogP contribution in [-0.4, -0.2) is 45.1 Å². The van der Waals surface area contributed by atoms with Crippen molar-refractivity contribution in [3.63, 3.8) is 0 Å². The average Bonchev–Trinajstić information content (AvgIpc) is 3.45. The predicted molar refractivity (Wildman–Crippen MR) is 156 cm³/mol. The molecule has 3 rings (SSSR count). The fourth-order valence-corrected chi connectivity index (χ4v) is 5.66. The van der Waals surface area contributed by atoms with Crippen LogP contribution in [0.15, 0.2) is 55.5 Å².